The first-order valence-corrected chi connectivity index (χ1v) is 4.94. The van der Waals surface area contributed by atoms with Gasteiger partial charge in [0.25, 0.3) is 0 Å². The maximum atomic E-state index is 12.6. The summed E-state index contributed by atoms with van der Waals surface area (Å²) < 4.78 is 53.9. The van der Waals surface area contributed by atoms with Crippen molar-refractivity contribution >= 4 is 5.69 Å². The molecule has 1 aromatic heterocycles. The fourth-order valence-corrected chi connectivity index (χ4v) is 1.02. The lowest BCUT2D eigenvalue weighted by Crippen LogP contribution is -2.34. The normalized spacial score (nSPS) is 11.6. The molecule has 0 aromatic carbocycles. The molecule has 0 aliphatic rings. The quantitative estimate of drug-likeness (QED) is 0.790. The van der Waals surface area contributed by atoms with Gasteiger partial charge < -0.3 is 10.1 Å². The summed E-state index contributed by atoms with van der Waals surface area (Å²) in [7, 11) is 0. The molecule has 0 aliphatic heterocycles. The summed E-state index contributed by atoms with van der Waals surface area (Å²) in [5.41, 5.74) is 0.230. The van der Waals surface area contributed by atoms with E-state index in [2.05, 4.69) is 10.3 Å². The van der Waals surface area contributed by atoms with Crippen molar-refractivity contribution in [1.82, 2.24) is 4.98 Å². The number of aromatic nitrogens is 1. The van der Waals surface area contributed by atoms with Crippen LogP contribution >= 0.6 is 0 Å². The third kappa shape index (κ3) is 4.08. The Hall–Kier alpha value is -1.53. The van der Waals surface area contributed by atoms with Crippen molar-refractivity contribution in [2.24, 2.45) is 0 Å². The molecule has 17 heavy (non-hydrogen) atoms. The molecule has 0 radical (unpaired) electrons. The molecule has 7 heteroatoms. The topological polar surface area (TPSA) is 34.1 Å². The zero-order valence-electron chi connectivity index (χ0n) is 9.09. The Bertz CT molecular complexity index is 343. The van der Waals surface area contributed by atoms with Crippen LogP contribution in [0.3, 0.4) is 0 Å². The maximum absolute atomic E-state index is 12.6. The molecular weight excluding hydrogens is 240 g/mol. The number of anilines is 1. The Morgan fingerprint density at radius 2 is 2.12 bits per heavy atom. The van der Waals surface area contributed by atoms with Crippen LogP contribution in [-0.2, 0) is 0 Å². The third-order valence-electron chi connectivity index (χ3n) is 1.88. The van der Waals surface area contributed by atoms with Gasteiger partial charge in [0.15, 0.2) is 0 Å². The van der Waals surface area contributed by atoms with E-state index in [0.717, 1.165) is 0 Å². The molecule has 96 valence electrons. The first kappa shape index (κ1) is 13.5. The van der Waals surface area contributed by atoms with Gasteiger partial charge in [-0.25, -0.2) is 13.8 Å². The fourth-order valence-electron chi connectivity index (χ4n) is 1.02. The molecule has 1 heterocycles. The minimum absolute atomic E-state index is 0.230. The molecule has 0 spiro atoms. The van der Waals surface area contributed by atoms with E-state index >= 15 is 0 Å². The van der Waals surface area contributed by atoms with Crippen molar-refractivity contribution in [3.8, 4) is 5.88 Å². The molecule has 1 N–H and O–H groups in total. The number of nitrogens with one attached hydrogen (secondary N) is 1. The van der Waals surface area contributed by atoms with Gasteiger partial charge in [-0.05, 0) is 13.0 Å². The molecule has 0 aliphatic carbocycles. The summed E-state index contributed by atoms with van der Waals surface area (Å²) in [6.45, 7) is 1.07. The Morgan fingerprint density at radius 1 is 1.41 bits per heavy atom. The molecule has 0 saturated heterocycles. The monoisotopic (exact) mass is 252 g/mol. The summed E-state index contributed by atoms with van der Waals surface area (Å²) in [6.07, 6.45) is -2.45. The number of ether oxygens (including phenoxy) is 1. The van der Waals surface area contributed by atoms with Crippen LogP contribution < -0.4 is 10.1 Å². The van der Waals surface area contributed by atoms with Crippen LogP contribution in [0.1, 0.15) is 6.92 Å². The van der Waals surface area contributed by atoms with Crippen LogP contribution in [0.5, 0.6) is 5.88 Å². The molecule has 0 fully saturated rings. The number of rotatable bonds is 6. The highest BCUT2D eigenvalue weighted by Crippen LogP contribution is 2.23. The molecule has 0 amide bonds. The van der Waals surface area contributed by atoms with Gasteiger partial charge in [-0.15, -0.1) is 0 Å². The average Bonchev–Trinajstić information content (AvgIpc) is 2.28. The van der Waals surface area contributed by atoms with E-state index in [0.29, 0.717) is 12.5 Å². The molecule has 1 aromatic rings. The summed E-state index contributed by atoms with van der Waals surface area (Å²) >= 11 is 0. The molecular formula is C10H12F4N2O. The van der Waals surface area contributed by atoms with Crippen LogP contribution in [-0.4, -0.2) is 30.5 Å². The minimum atomic E-state index is -4.06. The van der Waals surface area contributed by atoms with Crippen LogP contribution in [0.25, 0.3) is 0 Å². The van der Waals surface area contributed by atoms with Gasteiger partial charge in [0.05, 0.1) is 25.0 Å². The smallest absolute Gasteiger partial charge is 0.324 e. The summed E-state index contributed by atoms with van der Waals surface area (Å²) in [5, 5.41) is 2.19. The van der Waals surface area contributed by atoms with E-state index in [1.807, 2.05) is 0 Å². The highest BCUT2D eigenvalue weighted by molar-refractivity contribution is 5.42. The highest BCUT2D eigenvalue weighted by Gasteiger charge is 2.40. The second-order valence-electron chi connectivity index (χ2n) is 3.23. The second kappa shape index (κ2) is 5.70. The average molecular weight is 252 g/mol. The lowest BCUT2D eigenvalue weighted by atomic mass is 10.3. The van der Waals surface area contributed by atoms with Gasteiger partial charge >= 0.3 is 12.3 Å². The largest absolute Gasteiger partial charge is 0.478 e. The Kier molecular flexibility index (Phi) is 4.53. The number of hydrogen-bond donors (Lipinski definition) is 1. The summed E-state index contributed by atoms with van der Waals surface area (Å²) in [6, 6.07) is 2.89. The number of pyridine rings is 1. The van der Waals surface area contributed by atoms with E-state index < -0.39 is 18.9 Å². The van der Waals surface area contributed by atoms with Crippen molar-refractivity contribution in [3.63, 3.8) is 0 Å². The van der Waals surface area contributed by atoms with E-state index in [-0.39, 0.29) is 5.69 Å². The molecule has 0 saturated carbocycles. The first-order valence-electron chi connectivity index (χ1n) is 4.94. The molecule has 1 rings (SSSR count). The van der Waals surface area contributed by atoms with E-state index in [4.69, 9.17) is 4.74 Å². The lowest BCUT2D eigenvalue weighted by Gasteiger charge is -2.16. The van der Waals surface area contributed by atoms with Gasteiger partial charge in [-0.2, -0.15) is 8.78 Å². The zero-order chi connectivity index (χ0) is 12.9. The van der Waals surface area contributed by atoms with Crippen molar-refractivity contribution in [2.75, 3.05) is 18.5 Å². The Balaban J connectivity index is 2.52. The van der Waals surface area contributed by atoms with Crippen LogP contribution in [0.4, 0.5) is 23.2 Å². The highest BCUT2D eigenvalue weighted by atomic mass is 19.3. The number of hydrogen-bond acceptors (Lipinski definition) is 3. The predicted molar refractivity (Wildman–Crippen MR) is 54.8 cm³/mol. The van der Waals surface area contributed by atoms with Crippen molar-refractivity contribution in [1.29, 1.82) is 0 Å². The van der Waals surface area contributed by atoms with E-state index in [1.165, 1.54) is 18.3 Å². The van der Waals surface area contributed by atoms with E-state index in [1.54, 1.807) is 6.92 Å². The minimum Gasteiger partial charge on any atom is -0.478 e. The standard InChI is InChI=1S/C10H12F4N2O/c1-2-17-8-4-3-7(5-15-8)16-6-10(13,14)9(11)12/h3-5,9,16H,2,6H2,1H3. The van der Waals surface area contributed by atoms with Crippen LogP contribution in [0.2, 0.25) is 0 Å². The van der Waals surface area contributed by atoms with Gasteiger partial charge in [-0.1, -0.05) is 0 Å². The van der Waals surface area contributed by atoms with Crippen LogP contribution in [0.15, 0.2) is 18.3 Å². The SMILES string of the molecule is CCOc1ccc(NCC(F)(F)C(F)F)cn1. The van der Waals surface area contributed by atoms with Crippen LogP contribution in [0, 0.1) is 0 Å². The van der Waals surface area contributed by atoms with Gasteiger partial charge in [0.2, 0.25) is 5.88 Å². The fraction of sp³-hybridized carbons (Fsp3) is 0.500. The Labute approximate surface area is 95.8 Å². The summed E-state index contributed by atoms with van der Waals surface area (Å²) in [5.74, 6) is -3.71. The first-order chi connectivity index (χ1) is 7.95. The molecule has 0 atom stereocenters. The molecule has 0 bridgehead atoms. The number of alkyl halides is 4. The van der Waals surface area contributed by atoms with Crippen molar-refractivity contribution in [2.45, 2.75) is 19.3 Å². The lowest BCUT2D eigenvalue weighted by molar-refractivity contribution is -0.117. The maximum Gasteiger partial charge on any atom is 0.324 e. The third-order valence-corrected chi connectivity index (χ3v) is 1.88. The van der Waals surface area contributed by atoms with Gasteiger partial charge in [0.1, 0.15) is 0 Å². The number of nitrogens with zero attached hydrogens (tertiary/aromatic N) is 1. The summed E-state index contributed by atoms with van der Waals surface area (Å²) in [4.78, 5) is 3.80. The zero-order valence-corrected chi connectivity index (χ0v) is 9.09. The number of halogens is 4. The van der Waals surface area contributed by atoms with Crippen molar-refractivity contribution in [3.05, 3.63) is 18.3 Å². The van der Waals surface area contributed by atoms with Gasteiger partial charge in [0, 0.05) is 6.07 Å². The van der Waals surface area contributed by atoms with Crippen molar-refractivity contribution < 1.29 is 22.3 Å². The van der Waals surface area contributed by atoms with Gasteiger partial charge in [-0.3, -0.25) is 0 Å². The van der Waals surface area contributed by atoms with E-state index in [9.17, 15) is 17.6 Å². The second-order valence-corrected chi connectivity index (χ2v) is 3.23. The predicted octanol–water partition coefficient (Wildman–Crippen LogP) is 2.79. The molecule has 0 unspecified atom stereocenters. The Morgan fingerprint density at radius 3 is 2.59 bits per heavy atom. The molecule has 3 nitrogen and oxygen atoms in total.